The van der Waals surface area contributed by atoms with Crippen molar-refractivity contribution >= 4 is 24.8 Å². The van der Waals surface area contributed by atoms with Crippen LogP contribution >= 0.6 is 0 Å². The number of Topliss-reactive ketones (excluding diaryl/α,β-unsaturated/α-hetero) is 1. The van der Waals surface area contributed by atoms with E-state index >= 15 is 0 Å². The van der Waals surface area contributed by atoms with Crippen molar-refractivity contribution < 1.29 is 42.3 Å². The molecule has 1 N–H and O–H groups in total. The highest BCUT2D eigenvalue weighted by molar-refractivity contribution is 6.47. The van der Waals surface area contributed by atoms with E-state index in [4.69, 9.17) is 14.1 Å². The van der Waals surface area contributed by atoms with Gasteiger partial charge in [-0.05, 0) is 30.2 Å². The number of carbonyl (C=O) groups is 3. The van der Waals surface area contributed by atoms with Gasteiger partial charge in [0, 0.05) is 31.1 Å². The van der Waals surface area contributed by atoms with Gasteiger partial charge in [0.2, 0.25) is 12.6 Å². The van der Waals surface area contributed by atoms with Crippen LogP contribution in [-0.2, 0) is 20.7 Å². The van der Waals surface area contributed by atoms with Crippen molar-refractivity contribution in [2.75, 3.05) is 6.79 Å². The van der Waals surface area contributed by atoms with Crippen molar-refractivity contribution in [1.29, 1.82) is 0 Å². The number of benzene rings is 1. The molecule has 0 aliphatic carbocycles. The molecular weight excluding hydrogens is 427 g/mol. The maximum atomic E-state index is 13.6. The van der Waals surface area contributed by atoms with E-state index in [1.807, 2.05) is 0 Å². The first-order valence-corrected chi connectivity index (χ1v) is 9.85. The first-order chi connectivity index (χ1) is 15.2. The van der Waals surface area contributed by atoms with Crippen molar-refractivity contribution in [3.63, 3.8) is 0 Å². The second kappa shape index (κ2) is 9.86. The third-order valence-electron chi connectivity index (χ3n) is 5.02. The summed E-state index contributed by atoms with van der Waals surface area (Å²) in [6.45, 7) is 0.537. The van der Waals surface area contributed by atoms with E-state index < -0.39 is 56.2 Å². The Kier molecular flexibility index (Phi) is 7.19. The number of rotatable bonds is 8. The van der Waals surface area contributed by atoms with Gasteiger partial charge in [0.15, 0.2) is 0 Å². The van der Waals surface area contributed by atoms with E-state index in [0.29, 0.717) is 5.56 Å². The Morgan fingerprint density at radius 3 is 2.66 bits per heavy atom. The van der Waals surface area contributed by atoms with Crippen molar-refractivity contribution in [3.8, 4) is 5.75 Å². The van der Waals surface area contributed by atoms with Crippen LogP contribution < -0.4 is 4.65 Å². The third-order valence-corrected chi connectivity index (χ3v) is 5.02. The molecule has 2 aromatic rings. The monoisotopic (exact) mass is 447 g/mol. The molecule has 3 rings (SSSR count). The van der Waals surface area contributed by atoms with Gasteiger partial charge >= 0.3 is 25.0 Å². The quantitative estimate of drug-likeness (QED) is 0.374. The van der Waals surface area contributed by atoms with Gasteiger partial charge in [0.05, 0.1) is 5.56 Å². The van der Waals surface area contributed by atoms with Gasteiger partial charge in [0.1, 0.15) is 11.3 Å². The van der Waals surface area contributed by atoms with Crippen molar-refractivity contribution in [3.05, 3.63) is 59.4 Å². The molecule has 0 unspecified atom stereocenters. The fourth-order valence-electron chi connectivity index (χ4n) is 3.18. The first-order valence-electron chi connectivity index (χ1n) is 9.85. The van der Waals surface area contributed by atoms with Crippen LogP contribution in [0.5, 0.6) is 5.75 Å². The molecule has 2 heterocycles. The van der Waals surface area contributed by atoms with Crippen LogP contribution in [0.25, 0.3) is 0 Å². The lowest BCUT2D eigenvalue weighted by atomic mass is 9.64. The van der Waals surface area contributed by atoms with Gasteiger partial charge in [-0.3, -0.25) is 9.78 Å². The fraction of sp³-hybridized carbons (Fsp3) is 0.333. The number of carbonyl (C=O) groups excluding carboxylic acids is 3. The van der Waals surface area contributed by atoms with Crippen LogP contribution in [0.2, 0.25) is 5.82 Å². The SMILES string of the molecule is CCC(F)(F)C(=O)C[C@H]1Cc2cccc(C(=O)OCOC(=O)c3cccnc3)c2OB1O. The molecule has 0 amide bonds. The number of esters is 2. The number of aromatic nitrogens is 1. The molecule has 0 saturated carbocycles. The predicted molar refractivity (Wildman–Crippen MR) is 107 cm³/mol. The third kappa shape index (κ3) is 5.28. The predicted octanol–water partition coefficient (Wildman–Crippen LogP) is 2.84. The Labute approximate surface area is 182 Å². The van der Waals surface area contributed by atoms with E-state index in [1.54, 1.807) is 12.1 Å². The molecule has 1 aromatic heterocycles. The average molecular weight is 447 g/mol. The van der Waals surface area contributed by atoms with Crippen LogP contribution in [0.4, 0.5) is 8.78 Å². The molecule has 0 radical (unpaired) electrons. The Bertz CT molecular complexity index is 1000. The Balaban J connectivity index is 1.64. The number of para-hydroxylation sites is 1. The maximum absolute atomic E-state index is 13.6. The molecule has 8 nitrogen and oxygen atoms in total. The zero-order valence-electron chi connectivity index (χ0n) is 17.1. The first kappa shape index (κ1) is 23.3. The van der Waals surface area contributed by atoms with Gasteiger partial charge < -0.3 is 19.2 Å². The van der Waals surface area contributed by atoms with E-state index in [2.05, 4.69) is 4.98 Å². The van der Waals surface area contributed by atoms with Crippen LogP contribution in [-0.4, -0.2) is 47.6 Å². The van der Waals surface area contributed by atoms with Crippen molar-refractivity contribution in [2.45, 2.75) is 37.9 Å². The van der Waals surface area contributed by atoms with Crippen molar-refractivity contribution in [2.24, 2.45) is 0 Å². The topological polar surface area (TPSA) is 112 Å². The number of hydrogen-bond donors (Lipinski definition) is 1. The van der Waals surface area contributed by atoms with E-state index in [0.717, 1.165) is 0 Å². The number of fused-ring (bicyclic) bond motifs is 1. The standard InChI is InChI=1S/C21H20BF2NO7/c1-2-21(23,24)17(26)10-15-9-13-5-3-7-16(18(13)32-22(15)29)20(28)31-12-30-19(27)14-6-4-8-25-11-14/h3-8,11,15,29H,2,9-10,12H2,1H3/t15-/m1/s1. The lowest BCUT2D eigenvalue weighted by Crippen LogP contribution is -2.38. The number of hydrogen-bond acceptors (Lipinski definition) is 8. The van der Waals surface area contributed by atoms with Crippen LogP contribution in [0.1, 0.15) is 46.0 Å². The van der Waals surface area contributed by atoms with Crippen LogP contribution in [0.15, 0.2) is 42.7 Å². The molecule has 11 heteroatoms. The molecule has 32 heavy (non-hydrogen) atoms. The summed E-state index contributed by atoms with van der Waals surface area (Å²) in [5.41, 5.74) is 0.596. The van der Waals surface area contributed by atoms with E-state index in [9.17, 15) is 28.2 Å². The molecule has 0 saturated heterocycles. The molecule has 0 spiro atoms. The number of alkyl halides is 2. The molecule has 168 valence electrons. The summed E-state index contributed by atoms with van der Waals surface area (Å²) in [5.74, 6) is -7.22. The maximum Gasteiger partial charge on any atom is 0.526 e. The molecule has 0 bridgehead atoms. The number of nitrogens with zero attached hydrogens (tertiary/aromatic N) is 1. The summed E-state index contributed by atoms with van der Waals surface area (Å²) in [4.78, 5) is 39.9. The number of ketones is 1. The second-order valence-corrected chi connectivity index (χ2v) is 7.17. The zero-order valence-corrected chi connectivity index (χ0v) is 17.1. The number of ether oxygens (including phenoxy) is 2. The normalized spacial score (nSPS) is 15.4. The minimum Gasteiger partial charge on any atom is -0.535 e. The van der Waals surface area contributed by atoms with Gasteiger partial charge in [0.25, 0.3) is 0 Å². The fourth-order valence-corrected chi connectivity index (χ4v) is 3.18. The summed E-state index contributed by atoms with van der Waals surface area (Å²) >= 11 is 0. The average Bonchev–Trinajstić information content (AvgIpc) is 2.79. The highest BCUT2D eigenvalue weighted by Crippen LogP contribution is 2.38. The van der Waals surface area contributed by atoms with Gasteiger partial charge in [-0.15, -0.1) is 0 Å². The Morgan fingerprint density at radius 2 is 1.97 bits per heavy atom. The number of halogens is 2. The van der Waals surface area contributed by atoms with Gasteiger partial charge in [-0.1, -0.05) is 19.1 Å². The minimum atomic E-state index is -3.47. The summed E-state index contributed by atoms with van der Waals surface area (Å²) < 4.78 is 42.4. The molecule has 1 atom stereocenters. The van der Waals surface area contributed by atoms with Crippen LogP contribution in [0, 0.1) is 0 Å². The van der Waals surface area contributed by atoms with Gasteiger partial charge in [-0.2, -0.15) is 8.78 Å². The highest BCUT2D eigenvalue weighted by atomic mass is 19.3. The molecule has 0 fully saturated rings. The Morgan fingerprint density at radius 1 is 1.22 bits per heavy atom. The molecule has 1 aliphatic rings. The zero-order chi connectivity index (χ0) is 23.3. The minimum absolute atomic E-state index is 0.0227. The molecule has 1 aliphatic heterocycles. The van der Waals surface area contributed by atoms with Crippen LogP contribution in [0.3, 0.4) is 0 Å². The lowest BCUT2D eigenvalue weighted by molar-refractivity contribution is -0.143. The summed E-state index contributed by atoms with van der Waals surface area (Å²) in [7, 11) is -1.56. The van der Waals surface area contributed by atoms with Crippen molar-refractivity contribution in [1.82, 2.24) is 4.98 Å². The highest BCUT2D eigenvalue weighted by Gasteiger charge is 2.43. The molecular formula is C21H20BF2NO7. The smallest absolute Gasteiger partial charge is 0.526 e. The summed E-state index contributed by atoms with van der Waals surface area (Å²) in [6, 6.07) is 7.53. The van der Waals surface area contributed by atoms with Gasteiger partial charge in [-0.25, -0.2) is 9.59 Å². The summed E-state index contributed by atoms with van der Waals surface area (Å²) in [5, 5.41) is 10.2. The largest absolute Gasteiger partial charge is 0.535 e. The molecule has 1 aromatic carbocycles. The second-order valence-electron chi connectivity index (χ2n) is 7.17. The lowest BCUT2D eigenvalue weighted by Gasteiger charge is -2.29. The Hall–Kier alpha value is -3.34. The number of pyridine rings is 1. The van der Waals surface area contributed by atoms with E-state index in [1.165, 1.54) is 37.5 Å². The summed E-state index contributed by atoms with van der Waals surface area (Å²) in [6.07, 6.45) is 1.64. The van der Waals surface area contributed by atoms with E-state index in [-0.39, 0.29) is 23.3 Å².